The van der Waals surface area contributed by atoms with E-state index in [4.69, 9.17) is 23.7 Å². The lowest BCUT2D eigenvalue weighted by Crippen LogP contribution is -2.60. The molecule has 10 atom stereocenters. The molecule has 3 aliphatic rings. The highest BCUT2D eigenvalue weighted by Crippen LogP contribution is 2.47. The number of ether oxygens (including phenoxy) is 5. The van der Waals surface area contributed by atoms with E-state index in [0.717, 1.165) is 0 Å². The van der Waals surface area contributed by atoms with Crippen LogP contribution in [-0.2, 0) is 28.5 Å². The Balaban J connectivity index is 1.46. The van der Waals surface area contributed by atoms with Crippen molar-refractivity contribution < 1.29 is 58.8 Å². The zero-order valence-electron chi connectivity index (χ0n) is 19.7. The van der Waals surface area contributed by atoms with Crippen molar-refractivity contribution in [2.75, 3.05) is 13.7 Å². The maximum Gasteiger partial charge on any atom is 0.338 e. The fourth-order valence-corrected chi connectivity index (χ4v) is 4.96. The average Bonchev–Trinajstić information content (AvgIpc) is 3.17. The third-order valence-corrected chi connectivity index (χ3v) is 7.04. The van der Waals surface area contributed by atoms with Gasteiger partial charge in [-0.3, -0.25) is 0 Å². The van der Waals surface area contributed by atoms with Crippen LogP contribution in [0.15, 0.2) is 36.1 Å². The van der Waals surface area contributed by atoms with Crippen LogP contribution in [0.25, 0.3) is 0 Å². The maximum absolute atomic E-state index is 12.3. The molecule has 36 heavy (non-hydrogen) atoms. The standard InChI is InChI=1S/C24H30O12/c1-10-15(26)7-13-14(22(31)32-2)8-34-23(17(10)13)36-24-20(29)19(28)18(27)16(35-24)9-33-21(30)11-4-3-5-12(25)6-11/h3-6,8,10,13,15-20,23-29H,7,9H2,1-2H3. The van der Waals surface area contributed by atoms with Crippen LogP contribution < -0.4 is 0 Å². The number of benzene rings is 1. The van der Waals surface area contributed by atoms with E-state index in [1.165, 1.54) is 37.6 Å². The van der Waals surface area contributed by atoms with Gasteiger partial charge in [0.2, 0.25) is 6.29 Å². The van der Waals surface area contributed by atoms with E-state index in [0.29, 0.717) is 0 Å². The van der Waals surface area contributed by atoms with Gasteiger partial charge >= 0.3 is 11.9 Å². The molecule has 0 aromatic heterocycles. The number of phenols is 1. The summed E-state index contributed by atoms with van der Waals surface area (Å²) < 4.78 is 27.1. The molecule has 198 valence electrons. The first-order valence-electron chi connectivity index (χ1n) is 11.6. The summed E-state index contributed by atoms with van der Waals surface area (Å²) in [6.45, 7) is 1.29. The quantitative estimate of drug-likeness (QED) is 0.308. The highest BCUT2D eigenvalue weighted by molar-refractivity contribution is 5.90. The van der Waals surface area contributed by atoms with Gasteiger partial charge in [0.05, 0.1) is 30.6 Å². The second-order valence-corrected chi connectivity index (χ2v) is 9.21. The number of esters is 2. The summed E-state index contributed by atoms with van der Waals surface area (Å²) in [6, 6.07) is 5.47. The normalized spacial score (nSPS) is 37.9. The van der Waals surface area contributed by atoms with Crippen LogP contribution in [0.4, 0.5) is 0 Å². The molecule has 0 radical (unpaired) electrons. The molecule has 2 fully saturated rings. The van der Waals surface area contributed by atoms with Crippen molar-refractivity contribution >= 4 is 11.9 Å². The Hall–Kier alpha value is -2.74. The van der Waals surface area contributed by atoms with Gasteiger partial charge in [0, 0.05) is 11.8 Å². The molecule has 12 nitrogen and oxygen atoms in total. The number of methoxy groups -OCH3 is 1. The number of aliphatic hydroxyl groups is 4. The van der Waals surface area contributed by atoms with Crippen LogP contribution in [0.2, 0.25) is 0 Å². The number of fused-ring (bicyclic) bond motifs is 1. The van der Waals surface area contributed by atoms with E-state index in [1.54, 1.807) is 6.92 Å². The third-order valence-electron chi connectivity index (χ3n) is 7.04. The van der Waals surface area contributed by atoms with Gasteiger partial charge in [-0.1, -0.05) is 13.0 Å². The number of carbonyl (C=O) groups is 2. The molecule has 0 spiro atoms. The third kappa shape index (κ3) is 5.05. The van der Waals surface area contributed by atoms with Gasteiger partial charge < -0.3 is 49.2 Å². The van der Waals surface area contributed by atoms with Crippen LogP contribution in [-0.4, -0.2) is 94.3 Å². The average molecular weight is 510 g/mol. The molecule has 0 amide bonds. The fourth-order valence-electron chi connectivity index (χ4n) is 4.96. The largest absolute Gasteiger partial charge is 0.508 e. The Labute approximate surface area is 206 Å². The molecule has 5 N–H and O–H groups in total. The number of hydrogen-bond acceptors (Lipinski definition) is 12. The predicted molar refractivity (Wildman–Crippen MR) is 118 cm³/mol. The number of aliphatic hydroxyl groups excluding tert-OH is 4. The second kappa shape index (κ2) is 10.7. The number of aromatic hydroxyl groups is 1. The van der Waals surface area contributed by atoms with Crippen molar-refractivity contribution in [3.8, 4) is 5.75 Å². The molecule has 12 heteroatoms. The lowest BCUT2D eigenvalue weighted by Gasteiger charge is -2.43. The number of carbonyl (C=O) groups excluding carboxylic acids is 2. The topological polar surface area (TPSA) is 181 Å². The number of hydrogen-bond donors (Lipinski definition) is 5. The summed E-state index contributed by atoms with van der Waals surface area (Å²) >= 11 is 0. The maximum atomic E-state index is 12.3. The van der Waals surface area contributed by atoms with E-state index in [-0.39, 0.29) is 29.2 Å². The Morgan fingerprint density at radius 1 is 1.06 bits per heavy atom. The molecule has 10 unspecified atom stereocenters. The highest BCUT2D eigenvalue weighted by atomic mass is 16.8. The van der Waals surface area contributed by atoms with Gasteiger partial charge in [0.15, 0.2) is 6.29 Å². The smallest absolute Gasteiger partial charge is 0.338 e. The SMILES string of the molecule is COC(=O)C1=COC(OC2OC(COC(=O)c3cccc(O)c3)C(O)C(O)C2O)C2C1CC(O)C2C. The highest BCUT2D eigenvalue weighted by Gasteiger charge is 2.53. The minimum absolute atomic E-state index is 0.0669. The van der Waals surface area contributed by atoms with Crippen molar-refractivity contribution in [2.24, 2.45) is 17.8 Å². The molecule has 2 heterocycles. The molecule has 1 saturated heterocycles. The molecular formula is C24H30O12. The Morgan fingerprint density at radius 3 is 2.50 bits per heavy atom. The summed E-state index contributed by atoms with van der Waals surface area (Å²) in [6.07, 6.45) is -8.05. The van der Waals surface area contributed by atoms with Crippen LogP contribution in [0, 0.1) is 17.8 Å². The molecular weight excluding hydrogens is 480 g/mol. The van der Waals surface area contributed by atoms with Crippen molar-refractivity contribution in [3.63, 3.8) is 0 Å². The van der Waals surface area contributed by atoms with Crippen molar-refractivity contribution in [3.05, 3.63) is 41.7 Å². The van der Waals surface area contributed by atoms with Gasteiger partial charge in [-0.2, -0.15) is 0 Å². The molecule has 1 aromatic carbocycles. The van der Waals surface area contributed by atoms with Gasteiger partial charge in [0.25, 0.3) is 0 Å². The first kappa shape index (κ1) is 26.3. The number of rotatable bonds is 6. The summed E-state index contributed by atoms with van der Waals surface area (Å²) in [4.78, 5) is 24.5. The lowest BCUT2D eigenvalue weighted by molar-refractivity contribution is -0.342. The van der Waals surface area contributed by atoms with E-state index in [1.807, 2.05) is 0 Å². The predicted octanol–water partition coefficient (Wildman–Crippen LogP) is -0.581. The van der Waals surface area contributed by atoms with E-state index in [2.05, 4.69) is 0 Å². The van der Waals surface area contributed by atoms with Gasteiger partial charge in [-0.05, 0) is 30.5 Å². The van der Waals surface area contributed by atoms with Gasteiger partial charge in [-0.15, -0.1) is 0 Å². The molecule has 1 aromatic rings. The lowest BCUT2D eigenvalue weighted by atomic mass is 9.83. The first-order valence-corrected chi connectivity index (χ1v) is 11.6. The fraction of sp³-hybridized carbons (Fsp3) is 0.583. The first-order chi connectivity index (χ1) is 17.1. The molecule has 1 saturated carbocycles. The van der Waals surface area contributed by atoms with Gasteiger partial charge in [-0.25, -0.2) is 9.59 Å². The Kier molecular flexibility index (Phi) is 7.83. The molecule has 2 aliphatic heterocycles. The second-order valence-electron chi connectivity index (χ2n) is 9.21. The van der Waals surface area contributed by atoms with Gasteiger partial charge in [0.1, 0.15) is 36.8 Å². The van der Waals surface area contributed by atoms with E-state index in [9.17, 15) is 35.1 Å². The Morgan fingerprint density at radius 2 is 1.81 bits per heavy atom. The minimum atomic E-state index is -1.69. The molecule has 0 bridgehead atoms. The summed E-state index contributed by atoms with van der Waals surface area (Å²) in [7, 11) is 1.24. The van der Waals surface area contributed by atoms with Crippen LogP contribution in [0.1, 0.15) is 23.7 Å². The van der Waals surface area contributed by atoms with Crippen LogP contribution >= 0.6 is 0 Å². The van der Waals surface area contributed by atoms with Crippen molar-refractivity contribution in [1.82, 2.24) is 0 Å². The molecule has 1 aliphatic carbocycles. The number of phenolic OH excluding ortho intramolecular Hbond substituents is 1. The monoisotopic (exact) mass is 510 g/mol. The summed E-state index contributed by atoms with van der Waals surface area (Å²) in [5, 5.41) is 51.2. The zero-order valence-corrected chi connectivity index (χ0v) is 19.7. The molecule has 4 rings (SSSR count). The van der Waals surface area contributed by atoms with Crippen molar-refractivity contribution in [2.45, 2.75) is 56.4 Å². The summed E-state index contributed by atoms with van der Waals surface area (Å²) in [5.41, 5.74) is 0.320. The van der Waals surface area contributed by atoms with E-state index < -0.39 is 73.5 Å². The minimum Gasteiger partial charge on any atom is -0.508 e. The van der Waals surface area contributed by atoms with Crippen LogP contribution in [0.3, 0.4) is 0 Å². The van der Waals surface area contributed by atoms with E-state index >= 15 is 0 Å². The Bertz CT molecular complexity index is 995. The van der Waals surface area contributed by atoms with Crippen molar-refractivity contribution in [1.29, 1.82) is 0 Å². The summed E-state index contributed by atoms with van der Waals surface area (Å²) in [5.74, 6) is -2.80. The van der Waals surface area contributed by atoms with Crippen LogP contribution in [0.5, 0.6) is 5.75 Å². The zero-order chi connectivity index (χ0) is 26.1.